The molecule has 4 nitrogen and oxygen atoms in total. The Morgan fingerprint density at radius 2 is 2.16 bits per heavy atom. The molecule has 1 aliphatic carbocycles. The number of ether oxygens (including phenoxy) is 1. The van der Waals surface area contributed by atoms with Crippen LogP contribution in [0.3, 0.4) is 0 Å². The van der Waals surface area contributed by atoms with Crippen LogP contribution in [0, 0.1) is 5.92 Å². The third kappa shape index (κ3) is 3.92. The summed E-state index contributed by atoms with van der Waals surface area (Å²) in [5, 5.41) is 0. The Kier molecular flexibility index (Phi) is 4.37. The lowest BCUT2D eigenvalue weighted by Crippen LogP contribution is -2.33. The molecule has 0 bridgehead atoms. The Labute approximate surface area is 118 Å². The Hall–Kier alpha value is -1.62. The van der Waals surface area contributed by atoms with Crippen molar-refractivity contribution in [3.63, 3.8) is 0 Å². The Morgan fingerprint density at radius 3 is 2.79 bits per heavy atom. The Balaban J connectivity index is 1.90. The maximum Gasteiger partial charge on any atom is 0.260 e. The summed E-state index contributed by atoms with van der Waals surface area (Å²) in [4.78, 5) is 13.9. The fourth-order valence-electron chi connectivity index (χ4n) is 1.84. The van der Waals surface area contributed by atoms with Crippen molar-refractivity contribution in [3.8, 4) is 5.75 Å². The van der Waals surface area contributed by atoms with Crippen molar-refractivity contribution in [2.45, 2.75) is 12.8 Å². The highest BCUT2D eigenvalue weighted by molar-refractivity contribution is 7.80. The zero-order chi connectivity index (χ0) is 13.8. The van der Waals surface area contributed by atoms with E-state index < -0.39 is 0 Å². The molecule has 1 fully saturated rings. The van der Waals surface area contributed by atoms with E-state index in [9.17, 15) is 4.79 Å². The zero-order valence-electron chi connectivity index (χ0n) is 11.0. The fourth-order valence-corrected chi connectivity index (χ4v) is 2.00. The molecule has 102 valence electrons. The van der Waals surface area contributed by atoms with Gasteiger partial charge in [0.1, 0.15) is 10.7 Å². The normalized spacial score (nSPS) is 13.9. The lowest BCUT2D eigenvalue weighted by atomic mass is 10.2. The van der Waals surface area contributed by atoms with Crippen LogP contribution in [0.5, 0.6) is 5.75 Å². The lowest BCUT2D eigenvalue weighted by molar-refractivity contribution is -0.132. The van der Waals surface area contributed by atoms with Crippen LogP contribution < -0.4 is 10.5 Å². The van der Waals surface area contributed by atoms with Gasteiger partial charge in [-0.3, -0.25) is 4.79 Å². The van der Waals surface area contributed by atoms with E-state index in [1.807, 2.05) is 19.2 Å². The topological polar surface area (TPSA) is 55.6 Å². The number of benzene rings is 1. The van der Waals surface area contributed by atoms with Crippen LogP contribution >= 0.6 is 12.2 Å². The van der Waals surface area contributed by atoms with Gasteiger partial charge >= 0.3 is 0 Å². The summed E-state index contributed by atoms with van der Waals surface area (Å²) >= 11 is 4.95. The largest absolute Gasteiger partial charge is 0.483 e. The first kappa shape index (κ1) is 13.8. The summed E-state index contributed by atoms with van der Waals surface area (Å²) in [6.45, 7) is 0.835. The van der Waals surface area contributed by atoms with Crippen LogP contribution in [0.15, 0.2) is 24.3 Å². The standard InChI is InChI=1S/C14H18N2O2S/c1-16(8-10-6-7-10)13(17)9-18-12-5-3-2-4-11(12)14(15)19/h2-5,10H,6-9H2,1H3,(H2,15,19). The summed E-state index contributed by atoms with van der Waals surface area (Å²) in [5.41, 5.74) is 6.27. The van der Waals surface area contributed by atoms with E-state index in [0.717, 1.165) is 6.54 Å². The van der Waals surface area contributed by atoms with Crippen molar-refractivity contribution in [2.24, 2.45) is 11.7 Å². The van der Waals surface area contributed by atoms with Gasteiger partial charge in [0.25, 0.3) is 5.91 Å². The number of para-hydroxylation sites is 1. The van der Waals surface area contributed by atoms with E-state index in [1.165, 1.54) is 12.8 Å². The quantitative estimate of drug-likeness (QED) is 0.803. The number of hydrogen-bond acceptors (Lipinski definition) is 3. The molecule has 1 aromatic carbocycles. The molecular weight excluding hydrogens is 260 g/mol. The molecule has 0 aromatic heterocycles. The van der Waals surface area contributed by atoms with Gasteiger partial charge < -0.3 is 15.4 Å². The second-order valence-electron chi connectivity index (χ2n) is 4.87. The van der Waals surface area contributed by atoms with Crippen LogP contribution in [0.4, 0.5) is 0 Å². The minimum absolute atomic E-state index is 0.0167. The molecule has 0 spiro atoms. The molecular formula is C14H18N2O2S. The van der Waals surface area contributed by atoms with Gasteiger partial charge in [0, 0.05) is 13.6 Å². The van der Waals surface area contributed by atoms with Crippen molar-refractivity contribution >= 4 is 23.1 Å². The molecule has 0 atom stereocenters. The highest BCUT2D eigenvalue weighted by Gasteiger charge is 2.24. The molecule has 19 heavy (non-hydrogen) atoms. The van der Waals surface area contributed by atoms with E-state index in [0.29, 0.717) is 17.2 Å². The molecule has 0 saturated heterocycles. The molecule has 5 heteroatoms. The van der Waals surface area contributed by atoms with Gasteiger partial charge in [0.15, 0.2) is 6.61 Å². The minimum Gasteiger partial charge on any atom is -0.483 e. The first-order chi connectivity index (χ1) is 9.08. The second-order valence-corrected chi connectivity index (χ2v) is 5.31. The SMILES string of the molecule is CN(CC1CC1)C(=O)COc1ccccc1C(N)=S. The summed E-state index contributed by atoms with van der Waals surface area (Å²) in [6, 6.07) is 7.22. The van der Waals surface area contributed by atoms with Crippen molar-refractivity contribution in [1.29, 1.82) is 0 Å². The number of carbonyl (C=O) groups is 1. The molecule has 2 rings (SSSR count). The fraction of sp³-hybridized carbons (Fsp3) is 0.429. The molecule has 1 amide bonds. The molecule has 1 aromatic rings. The van der Waals surface area contributed by atoms with Gasteiger partial charge in [-0.15, -0.1) is 0 Å². The van der Waals surface area contributed by atoms with Crippen LogP contribution in [-0.4, -0.2) is 36.0 Å². The summed E-state index contributed by atoms with van der Waals surface area (Å²) in [6.07, 6.45) is 2.45. The molecule has 1 aliphatic rings. The molecule has 1 saturated carbocycles. The number of thiocarbonyl (C=S) groups is 1. The minimum atomic E-state index is -0.0235. The van der Waals surface area contributed by atoms with E-state index in [1.54, 1.807) is 17.0 Å². The zero-order valence-corrected chi connectivity index (χ0v) is 11.8. The summed E-state index contributed by atoms with van der Waals surface area (Å²) < 4.78 is 5.52. The van der Waals surface area contributed by atoms with E-state index >= 15 is 0 Å². The molecule has 0 radical (unpaired) electrons. The predicted octanol–water partition coefficient (Wildman–Crippen LogP) is 1.57. The van der Waals surface area contributed by atoms with Crippen LogP contribution in [0.2, 0.25) is 0 Å². The summed E-state index contributed by atoms with van der Waals surface area (Å²) in [5.74, 6) is 1.21. The number of amides is 1. The van der Waals surface area contributed by atoms with E-state index in [4.69, 9.17) is 22.7 Å². The van der Waals surface area contributed by atoms with Gasteiger partial charge in [0.2, 0.25) is 0 Å². The van der Waals surface area contributed by atoms with Crippen LogP contribution in [-0.2, 0) is 4.79 Å². The predicted molar refractivity (Wildman–Crippen MR) is 78.2 cm³/mol. The average Bonchev–Trinajstić information content (AvgIpc) is 3.20. The van der Waals surface area contributed by atoms with Gasteiger partial charge in [-0.25, -0.2) is 0 Å². The average molecular weight is 278 g/mol. The maximum absolute atomic E-state index is 11.9. The van der Waals surface area contributed by atoms with Gasteiger partial charge in [-0.2, -0.15) is 0 Å². The van der Waals surface area contributed by atoms with Crippen molar-refractivity contribution < 1.29 is 9.53 Å². The van der Waals surface area contributed by atoms with E-state index in [2.05, 4.69) is 0 Å². The van der Waals surface area contributed by atoms with Crippen molar-refractivity contribution in [1.82, 2.24) is 4.90 Å². The lowest BCUT2D eigenvalue weighted by Gasteiger charge is -2.17. The highest BCUT2D eigenvalue weighted by atomic mass is 32.1. The van der Waals surface area contributed by atoms with Gasteiger partial charge in [-0.1, -0.05) is 24.4 Å². The van der Waals surface area contributed by atoms with Gasteiger partial charge in [0.05, 0.1) is 5.56 Å². The smallest absolute Gasteiger partial charge is 0.260 e. The first-order valence-electron chi connectivity index (χ1n) is 6.33. The molecule has 2 N–H and O–H groups in total. The van der Waals surface area contributed by atoms with Gasteiger partial charge in [-0.05, 0) is 30.9 Å². The van der Waals surface area contributed by atoms with E-state index in [-0.39, 0.29) is 17.5 Å². The second kappa shape index (κ2) is 6.02. The number of likely N-dealkylation sites (N-methyl/N-ethyl adjacent to an activating group) is 1. The maximum atomic E-state index is 11.9. The third-order valence-electron chi connectivity index (χ3n) is 3.16. The van der Waals surface area contributed by atoms with Crippen LogP contribution in [0.25, 0.3) is 0 Å². The molecule has 0 unspecified atom stereocenters. The summed E-state index contributed by atoms with van der Waals surface area (Å²) in [7, 11) is 1.81. The van der Waals surface area contributed by atoms with Crippen molar-refractivity contribution in [2.75, 3.05) is 20.2 Å². The molecule has 0 aliphatic heterocycles. The highest BCUT2D eigenvalue weighted by Crippen LogP contribution is 2.29. The number of nitrogens with two attached hydrogens (primary N) is 1. The Bertz CT molecular complexity index is 486. The third-order valence-corrected chi connectivity index (χ3v) is 3.38. The number of nitrogens with zero attached hydrogens (tertiary/aromatic N) is 1. The van der Waals surface area contributed by atoms with Crippen molar-refractivity contribution in [3.05, 3.63) is 29.8 Å². The monoisotopic (exact) mass is 278 g/mol. The first-order valence-corrected chi connectivity index (χ1v) is 6.74. The Morgan fingerprint density at radius 1 is 1.47 bits per heavy atom. The molecule has 0 heterocycles. The van der Waals surface area contributed by atoms with Crippen LogP contribution in [0.1, 0.15) is 18.4 Å². The number of hydrogen-bond donors (Lipinski definition) is 1. The number of carbonyl (C=O) groups excluding carboxylic acids is 1. The number of rotatable bonds is 6.